The fourth-order valence-corrected chi connectivity index (χ4v) is 4.90. The highest BCUT2D eigenvalue weighted by molar-refractivity contribution is 9.10. The minimum absolute atomic E-state index is 0.00838. The van der Waals surface area contributed by atoms with E-state index in [1.165, 1.54) is 23.4 Å². The second kappa shape index (κ2) is 11.2. The molecule has 3 aromatic rings. The van der Waals surface area contributed by atoms with E-state index < -0.39 is 30.4 Å². The van der Waals surface area contributed by atoms with Crippen molar-refractivity contribution in [1.82, 2.24) is 20.0 Å². The molecule has 0 fully saturated rings. The predicted molar refractivity (Wildman–Crippen MR) is 122 cm³/mol. The number of aliphatic hydroxyl groups excluding tert-OH is 3. The van der Waals surface area contributed by atoms with Gasteiger partial charge in [0, 0.05) is 14.7 Å². The van der Waals surface area contributed by atoms with E-state index in [9.17, 15) is 20.1 Å². The Bertz CT molecular complexity index is 1140. The maximum Gasteiger partial charge on any atom is 0.304 e. The van der Waals surface area contributed by atoms with Gasteiger partial charge in [-0.3, -0.25) is 4.79 Å². The molecule has 4 N–H and O–H groups in total. The number of rotatable bonds is 10. The maximum absolute atomic E-state index is 11.3. The highest BCUT2D eigenvalue weighted by Gasteiger charge is 2.28. The first-order chi connectivity index (χ1) is 15.3. The standard InChI is InChI=1S/C19H20BrN5O5S2/c1-10(27)17(8-26)30-18(32-12-3-2-11(5-21)13(20)4-12)16(28)7-25-6-14(23-24-25)15-9-31-19(29)22-15/h2-4,6,9-10,16-18,26-28H,7-8H2,1H3,(H,22,29)/t10-,16+,17?,18?/m1/s1. The SMILES string of the molecule is C[C@@H](O)C(CO)OC(Sc1ccc(C#N)c(Br)c1)[C@@H](O)Cn1cc(-c2csc(=O)[nH]2)nn1. The number of ether oxygens (including phenoxy) is 1. The third kappa shape index (κ3) is 6.26. The second-order valence-electron chi connectivity index (χ2n) is 6.79. The van der Waals surface area contributed by atoms with Crippen molar-refractivity contribution in [2.75, 3.05) is 6.61 Å². The average molecular weight is 542 g/mol. The predicted octanol–water partition coefficient (Wildman–Crippen LogP) is 1.57. The van der Waals surface area contributed by atoms with Crippen LogP contribution >= 0.6 is 39.0 Å². The molecule has 0 aliphatic heterocycles. The molecule has 0 spiro atoms. The van der Waals surface area contributed by atoms with Crippen LogP contribution in [0.3, 0.4) is 0 Å². The Balaban J connectivity index is 1.78. The van der Waals surface area contributed by atoms with Crippen LogP contribution in [0.2, 0.25) is 0 Å². The fraction of sp³-hybridized carbons (Fsp3) is 0.368. The minimum Gasteiger partial charge on any atom is -0.394 e. The minimum atomic E-state index is -1.10. The van der Waals surface area contributed by atoms with Gasteiger partial charge in [0.05, 0.1) is 36.7 Å². The number of nitrogens with one attached hydrogen (secondary N) is 1. The number of halogens is 1. The largest absolute Gasteiger partial charge is 0.394 e. The summed E-state index contributed by atoms with van der Waals surface area (Å²) in [4.78, 5) is 14.5. The van der Waals surface area contributed by atoms with Crippen molar-refractivity contribution in [3.63, 3.8) is 0 Å². The summed E-state index contributed by atoms with van der Waals surface area (Å²) in [6.07, 6.45) is -1.39. The molecule has 0 saturated heterocycles. The van der Waals surface area contributed by atoms with Crippen LogP contribution in [0, 0.1) is 11.3 Å². The zero-order chi connectivity index (χ0) is 23.3. The van der Waals surface area contributed by atoms with Crippen molar-refractivity contribution in [2.24, 2.45) is 0 Å². The quantitative estimate of drug-likeness (QED) is 0.221. The van der Waals surface area contributed by atoms with Gasteiger partial charge < -0.3 is 25.0 Å². The van der Waals surface area contributed by atoms with E-state index >= 15 is 0 Å². The molecule has 0 bridgehead atoms. The number of thiazole rings is 1. The summed E-state index contributed by atoms with van der Waals surface area (Å²) < 4.78 is 7.83. The van der Waals surface area contributed by atoms with Crippen LogP contribution in [-0.2, 0) is 11.3 Å². The number of thioether (sulfide) groups is 1. The third-order valence-corrected chi connectivity index (χ3v) is 6.87. The van der Waals surface area contributed by atoms with Crippen LogP contribution in [0.15, 0.2) is 43.9 Å². The number of nitriles is 1. The molecule has 0 aliphatic rings. The van der Waals surface area contributed by atoms with Gasteiger partial charge in [0.15, 0.2) is 0 Å². The number of aliphatic hydroxyl groups is 3. The molecule has 1 aromatic carbocycles. The Labute approximate surface area is 199 Å². The van der Waals surface area contributed by atoms with E-state index in [0.717, 1.165) is 11.3 Å². The van der Waals surface area contributed by atoms with E-state index in [1.807, 2.05) is 0 Å². The van der Waals surface area contributed by atoms with Crippen LogP contribution in [-0.4, -0.2) is 65.7 Å². The molecular weight excluding hydrogens is 522 g/mol. The first-order valence-electron chi connectivity index (χ1n) is 9.37. The van der Waals surface area contributed by atoms with Gasteiger partial charge in [-0.1, -0.05) is 28.3 Å². The molecule has 4 atom stereocenters. The molecule has 0 saturated carbocycles. The van der Waals surface area contributed by atoms with Crippen LogP contribution in [0.5, 0.6) is 0 Å². The molecule has 2 heterocycles. The number of hydrogen-bond acceptors (Lipinski definition) is 10. The summed E-state index contributed by atoms with van der Waals surface area (Å²) in [5, 5.41) is 49.0. The molecule has 2 aromatic heterocycles. The van der Waals surface area contributed by atoms with E-state index in [-0.39, 0.29) is 11.4 Å². The van der Waals surface area contributed by atoms with Crippen molar-refractivity contribution >= 4 is 39.0 Å². The molecule has 0 amide bonds. The Morgan fingerprint density at radius 3 is 2.81 bits per heavy atom. The molecule has 3 rings (SSSR count). The van der Waals surface area contributed by atoms with Gasteiger partial charge in [-0.2, -0.15) is 5.26 Å². The highest BCUT2D eigenvalue weighted by atomic mass is 79.9. The van der Waals surface area contributed by atoms with E-state index in [4.69, 9.17) is 10.00 Å². The fourth-order valence-electron chi connectivity index (χ4n) is 2.67. The van der Waals surface area contributed by atoms with Crippen LogP contribution in [0.25, 0.3) is 11.4 Å². The van der Waals surface area contributed by atoms with Gasteiger partial charge in [-0.05, 0) is 41.1 Å². The van der Waals surface area contributed by atoms with Crippen LogP contribution in [0.4, 0.5) is 0 Å². The normalized spacial score (nSPS) is 15.1. The molecule has 0 radical (unpaired) electrons. The summed E-state index contributed by atoms with van der Waals surface area (Å²) in [5.74, 6) is 0. The first-order valence-corrected chi connectivity index (χ1v) is 11.9. The third-order valence-electron chi connectivity index (χ3n) is 4.36. The number of H-pyrrole nitrogens is 1. The van der Waals surface area contributed by atoms with Crippen LogP contribution in [0.1, 0.15) is 12.5 Å². The lowest BCUT2D eigenvalue weighted by atomic mass is 10.2. The van der Waals surface area contributed by atoms with Gasteiger partial charge in [0.25, 0.3) is 0 Å². The van der Waals surface area contributed by atoms with E-state index in [1.54, 1.807) is 29.8 Å². The molecule has 13 heteroatoms. The number of aromatic nitrogens is 4. The van der Waals surface area contributed by atoms with Crippen molar-refractivity contribution in [1.29, 1.82) is 5.26 Å². The van der Waals surface area contributed by atoms with Gasteiger partial charge >= 0.3 is 4.87 Å². The molecule has 0 aliphatic carbocycles. The topological polar surface area (TPSA) is 157 Å². The van der Waals surface area contributed by atoms with Crippen molar-refractivity contribution in [2.45, 2.75) is 42.1 Å². The average Bonchev–Trinajstić information content (AvgIpc) is 3.39. The zero-order valence-corrected chi connectivity index (χ0v) is 20.0. The smallest absolute Gasteiger partial charge is 0.304 e. The summed E-state index contributed by atoms with van der Waals surface area (Å²) in [7, 11) is 0. The molecule has 2 unspecified atom stereocenters. The van der Waals surface area contributed by atoms with Gasteiger partial charge in [-0.15, -0.1) is 5.10 Å². The van der Waals surface area contributed by atoms with Gasteiger partial charge in [0.1, 0.15) is 29.4 Å². The number of nitrogens with zero attached hydrogens (tertiary/aromatic N) is 4. The summed E-state index contributed by atoms with van der Waals surface area (Å²) in [6, 6.07) is 7.14. The Morgan fingerprint density at radius 2 is 2.22 bits per heavy atom. The Hall–Kier alpha value is -2.05. The molecule has 10 nitrogen and oxygen atoms in total. The van der Waals surface area contributed by atoms with E-state index in [2.05, 4.69) is 37.3 Å². The molecule has 32 heavy (non-hydrogen) atoms. The second-order valence-corrected chi connectivity index (χ2v) is 9.66. The maximum atomic E-state index is 11.3. The summed E-state index contributed by atoms with van der Waals surface area (Å²) >= 11 is 5.52. The number of hydrogen-bond donors (Lipinski definition) is 4. The summed E-state index contributed by atoms with van der Waals surface area (Å²) in [5.41, 5.74) is 0.565. The van der Waals surface area contributed by atoms with E-state index in [0.29, 0.717) is 26.3 Å². The Kier molecular flexibility index (Phi) is 8.60. The Morgan fingerprint density at radius 1 is 1.44 bits per heavy atom. The highest BCUT2D eigenvalue weighted by Crippen LogP contribution is 2.31. The summed E-state index contributed by atoms with van der Waals surface area (Å²) in [6.45, 7) is 1.06. The number of aromatic amines is 1. The monoisotopic (exact) mass is 541 g/mol. The first kappa shape index (κ1) is 24.6. The molecule has 170 valence electrons. The number of benzene rings is 1. The zero-order valence-electron chi connectivity index (χ0n) is 16.8. The lowest BCUT2D eigenvalue weighted by molar-refractivity contribution is -0.0972. The van der Waals surface area contributed by atoms with Gasteiger partial charge in [0.2, 0.25) is 0 Å². The van der Waals surface area contributed by atoms with Crippen molar-refractivity contribution < 1.29 is 20.1 Å². The molecular formula is C19H20BrN5O5S2. The van der Waals surface area contributed by atoms with Crippen molar-refractivity contribution in [3.8, 4) is 17.5 Å². The van der Waals surface area contributed by atoms with Crippen LogP contribution < -0.4 is 4.87 Å². The lowest BCUT2D eigenvalue weighted by Gasteiger charge is -2.28. The lowest BCUT2D eigenvalue weighted by Crippen LogP contribution is -2.39. The van der Waals surface area contributed by atoms with Gasteiger partial charge in [-0.25, -0.2) is 4.68 Å². The van der Waals surface area contributed by atoms with Crippen molar-refractivity contribution in [3.05, 3.63) is 49.5 Å².